The van der Waals surface area contributed by atoms with Crippen LogP contribution in [0.15, 0.2) is 35.1 Å². The molecule has 2 rings (SSSR count). The third-order valence-electron chi connectivity index (χ3n) is 3.09. The maximum atomic E-state index is 12.2. The van der Waals surface area contributed by atoms with E-state index in [2.05, 4.69) is 52.0 Å². The highest BCUT2D eigenvalue weighted by molar-refractivity contribution is 9.10. The van der Waals surface area contributed by atoms with Gasteiger partial charge in [0, 0.05) is 16.1 Å². The Hall–Kier alpha value is -1.75. The third kappa shape index (κ3) is 3.67. The summed E-state index contributed by atoms with van der Waals surface area (Å²) in [5, 5.41) is 2.84. The van der Waals surface area contributed by atoms with E-state index in [0.717, 1.165) is 21.4 Å². The van der Waals surface area contributed by atoms with Gasteiger partial charge in [0.25, 0.3) is 5.91 Å². The average molecular weight is 348 g/mol. The van der Waals surface area contributed by atoms with Crippen LogP contribution in [0.4, 0.5) is 5.69 Å². The molecular weight excluding hydrogens is 330 g/mol. The van der Waals surface area contributed by atoms with Gasteiger partial charge in [0.2, 0.25) is 0 Å². The zero-order valence-corrected chi connectivity index (χ0v) is 14.2. The topological polar surface area (TPSA) is 54.9 Å². The van der Waals surface area contributed by atoms with Crippen molar-refractivity contribution in [2.45, 2.75) is 33.1 Å². The molecule has 0 bridgehead atoms. The third-order valence-corrected chi connectivity index (χ3v) is 4.15. The summed E-state index contributed by atoms with van der Waals surface area (Å²) in [7, 11) is 0. The number of carbonyl (C=O) groups excluding carboxylic acids is 1. The number of rotatable bonds is 2. The zero-order chi connectivity index (χ0) is 15.6. The summed E-state index contributed by atoms with van der Waals surface area (Å²) >= 11 is 3.47. The molecule has 1 amide bonds. The van der Waals surface area contributed by atoms with Gasteiger partial charge in [0.05, 0.1) is 17.6 Å². The summed E-state index contributed by atoms with van der Waals surface area (Å²) in [6.07, 6.45) is 3.17. The van der Waals surface area contributed by atoms with E-state index < -0.39 is 0 Å². The zero-order valence-electron chi connectivity index (χ0n) is 12.6. The predicted molar refractivity (Wildman–Crippen MR) is 87.6 cm³/mol. The molecule has 0 aliphatic carbocycles. The highest BCUT2D eigenvalue weighted by atomic mass is 79.9. The molecule has 1 aromatic heterocycles. The number of hydrogen-bond donors (Lipinski definition) is 1. The number of aromatic nitrogens is 2. The number of anilines is 1. The molecule has 0 aliphatic heterocycles. The van der Waals surface area contributed by atoms with Gasteiger partial charge in [-0.2, -0.15) is 0 Å². The van der Waals surface area contributed by atoms with E-state index in [4.69, 9.17) is 0 Å². The van der Waals surface area contributed by atoms with Crippen LogP contribution in [0, 0.1) is 6.92 Å². The van der Waals surface area contributed by atoms with E-state index in [1.54, 1.807) is 6.20 Å². The van der Waals surface area contributed by atoms with Gasteiger partial charge in [-0.25, -0.2) is 4.98 Å². The second-order valence-electron chi connectivity index (χ2n) is 5.93. The van der Waals surface area contributed by atoms with Crippen LogP contribution < -0.4 is 5.32 Å². The molecule has 0 radical (unpaired) electrons. The SMILES string of the molecule is Cc1cccc(NC(=O)c2cnc(C(C)(C)C)cn2)c1Br. The van der Waals surface area contributed by atoms with Crippen LogP contribution in [0.5, 0.6) is 0 Å². The molecule has 0 spiro atoms. The number of amides is 1. The fourth-order valence-corrected chi connectivity index (χ4v) is 2.13. The second kappa shape index (κ2) is 5.93. The summed E-state index contributed by atoms with van der Waals surface area (Å²) in [5.74, 6) is -0.269. The lowest BCUT2D eigenvalue weighted by Crippen LogP contribution is -2.18. The molecule has 110 valence electrons. The number of nitrogens with one attached hydrogen (secondary N) is 1. The molecule has 0 aliphatic rings. The van der Waals surface area contributed by atoms with E-state index in [0.29, 0.717) is 5.69 Å². The Kier molecular flexibility index (Phi) is 4.42. The van der Waals surface area contributed by atoms with E-state index in [-0.39, 0.29) is 11.3 Å². The Balaban J connectivity index is 2.19. The maximum Gasteiger partial charge on any atom is 0.275 e. The summed E-state index contributed by atoms with van der Waals surface area (Å²) in [4.78, 5) is 20.7. The highest BCUT2D eigenvalue weighted by Crippen LogP contribution is 2.26. The van der Waals surface area contributed by atoms with E-state index in [9.17, 15) is 4.79 Å². The Morgan fingerprint density at radius 1 is 1.19 bits per heavy atom. The van der Waals surface area contributed by atoms with Gasteiger partial charge in [-0.15, -0.1) is 0 Å². The Bertz CT molecular complexity index is 660. The largest absolute Gasteiger partial charge is 0.320 e. The minimum absolute atomic E-state index is 0.0818. The van der Waals surface area contributed by atoms with E-state index in [1.165, 1.54) is 6.20 Å². The molecule has 1 heterocycles. The fourth-order valence-electron chi connectivity index (χ4n) is 1.76. The van der Waals surface area contributed by atoms with Crippen molar-refractivity contribution in [2.75, 3.05) is 5.32 Å². The molecule has 1 aromatic carbocycles. The number of aryl methyl sites for hydroxylation is 1. The van der Waals surface area contributed by atoms with Gasteiger partial charge in [-0.1, -0.05) is 32.9 Å². The van der Waals surface area contributed by atoms with E-state index >= 15 is 0 Å². The molecule has 0 saturated carbocycles. The van der Waals surface area contributed by atoms with Crippen LogP contribution in [-0.4, -0.2) is 15.9 Å². The van der Waals surface area contributed by atoms with Gasteiger partial charge in [-0.3, -0.25) is 9.78 Å². The molecule has 0 saturated heterocycles. The van der Waals surface area contributed by atoms with Gasteiger partial charge in [0.1, 0.15) is 5.69 Å². The monoisotopic (exact) mass is 347 g/mol. The average Bonchev–Trinajstić information content (AvgIpc) is 2.43. The van der Waals surface area contributed by atoms with Crippen LogP contribution in [0.25, 0.3) is 0 Å². The first-order chi connectivity index (χ1) is 9.79. The van der Waals surface area contributed by atoms with Gasteiger partial charge in [-0.05, 0) is 34.5 Å². The highest BCUT2D eigenvalue weighted by Gasteiger charge is 2.17. The second-order valence-corrected chi connectivity index (χ2v) is 6.72. The van der Waals surface area contributed by atoms with E-state index in [1.807, 2.05) is 25.1 Å². The first kappa shape index (κ1) is 15.6. The van der Waals surface area contributed by atoms with Crippen molar-refractivity contribution in [3.05, 3.63) is 52.0 Å². The number of hydrogen-bond acceptors (Lipinski definition) is 3. The number of benzene rings is 1. The van der Waals surface area contributed by atoms with Gasteiger partial charge < -0.3 is 5.32 Å². The number of carbonyl (C=O) groups is 1. The lowest BCUT2D eigenvalue weighted by atomic mass is 9.93. The normalized spacial score (nSPS) is 11.3. The molecule has 1 N–H and O–H groups in total. The first-order valence-corrected chi connectivity index (χ1v) is 7.47. The number of nitrogens with zero attached hydrogens (tertiary/aromatic N) is 2. The molecule has 0 unspecified atom stereocenters. The lowest BCUT2D eigenvalue weighted by Gasteiger charge is -2.16. The first-order valence-electron chi connectivity index (χ1n) is 6.68. The number of halogens is 1. The molecule has 0 fully saturated rings. The van der Waals surface area contributed by atoms with Crippen LogP contribution in [-0.2, 0) is 5.41 Å². The van der Waals surface area contributed by atoms with Gasteiger partial charge in [0.15, 0.2) is 0 Å². The molecule has 2 aromatic rings. The molecular formula is C16H18BrN3O. The van der Waals surface area contributed by atoms with Crippen LogP contribution >= 0.6 is 15.9 Å². The van der Waals surface area contributed by atoms with Crippen molar-refractivity contribution in [3.8, 4) is 0 Å². The van der Waals surface area contributed by atoms with Crippen molar-refractivity contribution in [1.29, 1.82) is 0 Å². The predicted octanol–water partition coefficient (Wildman–Crippen LogP) is 4.10. The Labute approximate surface area is 133 Å². The standard InChI is InChI=1S/C16H18BrN3O/c1-10-6-5-7-11(14(10)17)20-15(21)12-8-19-13(9-18-12)16(2,3)4/h5-9H,1-4H3,(H,20,21). The summed E-state index contributed by atoms with van der Waals surface area (Å²) in [6, 6.07) is 5.70. The van der Waals surface area contributed by atoms with Crippen LogP contribution in [0.2, 0.25) is 0 Å². The minimum atomic E-state index is -0.269. The van der Waals surface area contributed by atoms with Crippen molar-refractivity contribution >= 4 is 27.5 Å². The molecule has 4 nitrogen and oxygen atoms in total. The Morgan fingerprint density at radius 3 is 2.48 bits per heavy atom. The summed E-state index contributed by atoms with van der Waals surface area (Å²) in [6.45, 7) is 8.14. The van der Waals surface area contributed by atoms with Crippen molar-refractivity contribution in [3.63, 3.8) is 0 Å². The molecule has 21 heavy (non-hydrogen) atoms. The molecule has 0 atom stereocenters. The smallest absolute Gasteiger partial charge is 0.275 e. The van der Waals surface area contributed by atoms with Gasteiger partial charge >= 0.3 is 0 Å². The van der Waals surface area contributed by atoms with Crippen LogP contribution in [0.3, 0.4) is 0 Å². The quantitative estimate of drug-likeness (QED) is 0.889. The van der Waals surface area contributed by atoms with Crippen molar-refractivity contribution in [2.24, 2.45) is 0 Å². The van der Waals surface area contributed by atoms with Crippen molar-refractivity contribution in [1.82, 2.24) is 9.97 Å². The summed E-state index contributed by atoms with van der Waals surface area (Å²) in [5.41, 5.74) is 2.86. The maximum absolute atomic E-state index is 12.2. The van der Waals surface area contributed by atoms with Crippen molar-refractivity contribution < 1.29 is 4.79 Å². The van der Waals surface area contributed by atoms with Crippen LogP contribution in [0.1, 0.15) is 42.5 Å². The Morgan fingerprint density at radius 2 is 1.90 bits per heavy atom. The minimum Gasteiger partial charge on any atom is -0.320 e. The lowest BCUT2D eigenvalue weighted by molar-refractivity contribution is 0.102. The summed E-state index contributed by atoms with van der Waals surface area (Å²) < 4.78 is 0.873. The molecule has 5 heteroatoms. The fraction of sp³-hybridized carbons (Fsp3) is 0.312.